The lowest BCUT2D eigenvalue weighted by Crippen LogP contribution is -2.50. The molecule has 5 nitrogen and oxygen atoms in total. The average molecular weight is 338 g/mol. The second kappa shape index (κ2) is 7.49. The van der Waals surface area contributed by atoms with E-state index >= 15 is 0 Å². The summed E-state index contributed by atoms with van der Waals surface area (Å²) in [5.74, 6) is -1.58. The minimum absolute atomic E-state index is 0.303. The van der Waals surface area contributed by atoms with Crippen molar-refractivity contribution in [3.8, 4) is 0 Å². The van der Waals surface area contributed by atoms with Gasteiger partial charge in [-0.15, -0.1) is 0 Å². The molecule has 130 valence electrons. The van der Waals surface area contributed by atoms with Crippen molar-refractivity contribution in [2.24, 2.45) is 5.73 Å². The van der Waals surface area contributed by atoms with Gasteiger partial charge in [0.05, 0.1) is 6.04 Å². The van der Waals surface area contributed by atoms with Crippen LogP contribution in [0.1, 0.15) is 29.9 Å². The number of amides is 1. The van der Waals surface area contributed by atoms with Crippen LogP contribution in [0.3, 0.4) is 0 Å². The van der Waals surface area contributed by atoms with Crippen LogP contribution in [0.15, 0.2) is 60.7 Å². The number of rotatable bonds is 5. The van der Waals surface area contributed by atoms with Crippen LogP contribution in [0, 0.1) is 0 Å². The van der Waals surface area contributed by atoms with E-state index in [1.165, 1.54) is 4.90 Å². The SMILES string of the molecule is N[C@@H](C(=O)N1CCC[C@H]1C(=O)O)C(c1ccccc1)c1ccccc1. The van der Waals surface area contributed by atoms with Gasteiger partial charge in [-0.2, -0.15) is 0 Å². The summed E-state index contributed by atoms with van der Waals surface area (Å²) in [6.07, 6.45) is 1.17. The molecule has 1 amide bonds. The molecule has 0 aliphatic carbocycles. The lowest BCUT2D eigenvalue weighted by atomic mass is 9.84. The van der Waals surface area contributed by atoms with Crippen molar-refractivity contribution in [1.82, 2.24) is 4.90 Å². The van der Waals surface area contributed by atoms with Gasteiger partial charge in [0.2, 0.25) is 5.91 Å². The number of carbonyl (C=O) groups is 2. The molecule has 0 spiro atoms. The Labute approximate surface area is 147 Å². The van der Waals surface area contributed by atoms with Gasteiger partial charge < -0.3 is 15.7 Å². The zero-order chi connectivity index (χ0) is 17.8. The van der Waals surface area contributed by atoms with Crippen molar-refractivity contribution in [1.29, 1.82) is 0 Å². The van der Waals surface area contributed by atoms with Crippen LogP contribution >= 0.6 is 0 Å². The molecule has 1 aliphatic heterocycles. The first-order valence-corrected chi connectivity index (χ1v) is 8.48. The molecule has 2 aromatic rings. The van der Waals surface area contributed by atoms with Crippen LogP contribution in [-0.4, -0.2) is 40.5 Å². The number of likely N-dealkylation sites (tertiary alicyclic amines) is 1. The number of aliphatic carboxylic acids is 1. The summed E-state index contributed by atoms with van der Waals surface area (Å²) in [4.78, 5) is 25.8. The number of carboxylic acids is 1. The first-order valence-electron chi connectivity index (χ1n) is 8.48. The highest BCUT2D eigenvalue weighted by Gasteiger charge is 2.39. The third-order valence-corrected chi connectivity index (χ3v) is 4.78. The van der Waals surface area contributed by atoms with Crippen LogP contribution in [0.2, 0.25) is 0 Å². The fourth-order valence-electron chi connectivity index (χ4n) is 3.55. The van der Waals surface area contributed by atoms with Gasteiger partial charge in [0.25, 0.3) is 0 Å². The van der Waals surface area contributed by atoms with Gasteiger partial charge in [-0.05, 0) is 24.0 Å². The summed E-state index contributed by atoms with van der Waals surface area (Å²) in [5.41, 5.74) is 8.27. The molecule has 25 heavy (non-hydrogen) atoms. The first kappa shape index (κ1) is 17.2. The highest BCUT2D eigenvalue weighted by Crippen LogP contribution is 2.29. The number of hydrogen-bond acceptors (Lipinski definition) is 3. The van der Waals surface area contributed by atoms with E-state index in [-0.39, 0.29) is 11.8 Å². The molecule has 1 saturated heterocycles. The first-order chi connectivity index (χ1) is 12.1. The molecule has 2 aromatic carbocycles. The lowest BCUT2D eigenvalue weighted by molar-refractivity contribution is -0.148. The Kier molecular flexibility index (Phi) is 5.14. The molecular weight excluding hydrogens is 316 g/mol. The maximum atomic E-state index is 13.0. The van der Waals surface area contributed by atoms with Crippen LogP contribution in [0.25, 0.3) is 0 Å². The van der Waals surface area contributed by atoms with E-state index in [4.69, 9.17) is 5.73 Å². The molecule has 1 fully saturated rings. The second-order valence-electron chi connectivity index (χ2n) is 6.35. The van der Waals surface area contributed by atoms with Gasteiger partial charge in [0, 0.05) is 12.5 Å². The molecule has 0 radical (unpaired) electrons. The Morgan fingerprint density at radius 2 is 1.52 bits per heavy atom. The molecular formula is C20H22N2O3. The summed E-state index contributed by atoms with van der Waals surface area (Å²) in [6, 6.07) is 17.7. The van der Waals surface area contributed by atoms with Crippen molar-refractivity contribution in [3.63, 3.8) is 0 Å². The van der Waals surface area contributed by atoms with Crippen LogP contribution in [-0.2, 0) is 9.59 Å². The number of nitrogens with zero attached hydrogens (tertiary/aromatic N) is 1. The molecule has 0 unspecified atom stereocenters. The topological polar surface area (TPSA) is 83.6 Å². The summed E-state index contributed by atoms with van der Waals surface area (Å²) >= 11 is 0. The molecule has 0 saturated carbocycles. The largest absolute Gasteiger partial charge is 0.480 e. The highest BCUT2D eigenvalue weighted by atomic mass is 16.4. The maximum absolute atomic E-state index is 13.0. The standard InChI is InChI=1S/C20H22N2O3/c21-18(19(23)22-13-7-12-16(22)20(24)25)17(14-8-3-1-4-9-14)15-10-5-2-6-11-15/h1-6,8-11,16-18H,7,12-13,21H2,(H,24,25)/t16-,18+/m0/s1. The quantitative estimate of drug-likeness (QED) is 0.875. The smallest absolute Gasteiger partial charge is 0.326 e. The van der Waals surface area contributed by atoms with Gasteiger partial charge in [0.1, 0.15) is 6.04 Å². The summed E-state index contributed by atoms with van der Waals surface area (Å²) in [6.45, 7) is 0.444. The Balaban J connectivity index is 1.93. The third-order valence-electron chi connectivity index (χ3n) is 4.78. The third kappa shape index (κ3) is 3.56. The molecule has 5 heteroatoms. The second-order valence-corrected chi connectivity index (χ2v) is 6.35. The predicted molar refractivity (Wildman–Crippen MR) is 95.1 cm³/mol. The van der Waals surface area contributed by atoms with Gasteiger partial charge in [-0.3, -0.25) is 4.79 Å². The monoisotopic (exact) mass is 338 g/mol. The van der Waals surface area contributed by atoms with E-state index < -0.39 is 18.1 Å². The van der Waals surface area contributed by atoms with Gasteiger partial charge in [0.15, 0.2) is 0 Å². The van der Waals surface area contributed by atoms with E-state index in [2.05, 4.69) is 0 Å². The Morgan fingerprint density at radius 3 is 2.00 bits per heavy atom. The molecule has 3 rings (SSSR count). The number of nitrogens with two attached hydrogens (primary N) is 1. The molecule has 1 aliphatic rings. The molecule has 2 atom stereocenters. The Hall–Kier alpha value is -2.66. The van der Waals surface area contributed by atoms with Crippen molar-refractivity contribution >= 4 is 11.9 Å². The van der Waals surface area contributed by atoms with Crippen molar-refractivity contribution in [3.05, 3.63) is 71.8 Å². The minimum atomic E-state index is -0.964. The minimum Gasteiger partial charge on any atom is -0.480 e. The van der Waals surface area contributed by atoms with Gasteiger partial charge >= 0.3 is 5.97 Å². The van der Waals surface area contributed by atoms with Crippen molar-refractivity contribution in [2.75, 3.05) is 6.54 Å². The molecule has 1 heterocycles. The van der Waals surface area contributed by atoms with E-state index in [1.807, 2.05) is 60.7 Å². The average Bonchev–Trinajstić information content (AvgIpc) is 3.13. The van der Waals surface area contributed by atoms with E-state index in [0.717, 1.165) is 11.1 Å². The highest BCUT2D eigenvalue weighted by molar-refractivity contribution is 5.88. The van der Waals surface area contributed by atoms with E-state index in [1.54, 1.807) is 0 Å². The maximum Gasteiger partial charge on any atom is 0.326 e. The van der Waals surface area contributed by atoms with Crippen molar-refractivity contribution < 1.29 is 14.7 Å². The number of benzene rings is 2. The van der Waals surface area contributed by atoms with E-state index in [0.29, 0.717) is 19.4 Å². The molecule has 0 bridgehead atoms. The summed E-state index contributed by atoms with van der Waals surface area (Å²) in [7, 11) is 0. The van der Waals surface area contributed by atoms with Crippen LogP contribution in [0.4, 0.5) is 0 Å². The molecule has 0 aromatic heterocycles. The number of hydrogen-bond donors (Lipinski definition) is 2. The van der Waals surface area contributed by atoms with Gasteiger partial charge in [-0.25, -0.2) is 4.79 Å². The fraction of sp³-hybridized carbons (Fsp3) is 0.300. The summed E-state index contributed by atoms with van der Waals surface area (Å²) < 4.78 is 0. The van der Waals surface area contributed by atoms with Crippen molar-refractivity contribution in [2.45, 2.75) is 30.8 Å². The van der Waals surface area contributed by atoms with Crippen LogP contribution < -0.4 is 5.73 Å². The van der Waals surface area contributed by atoms with E-state index in [9.17, 15) is 14.7 Å². The zero-order valence-corrected chi connectivity index (χ0v) is 13.9. The predicted octanol–water partition coefficient (Wildman–Crippen LogP) is 2.22. The fourth-order valence-corrected chi connectivity index (χ4v) is 3.55. The van der Waals surface area contributed by atoms with Gasteiger partial charge in [-0.1, -0.05) is 60.7 Å². The summed E-state index contributed by atoms with van der Waals surface area (Å²) in [5, 5.41) is 9.35. The molecule has 3 N–H and O–H groups in total. The zero-order valence-electron chi connectivity index (χ0n) is 13.9. The lowest BCUT2D eigenvalue weighted by Gasteiger charge is -2.30. The number of carboxylic acid groups (broad SMARTS) is 1. The Bertz CT molecular complexity index is 694. The van der Waals surface area contributed by atoms with Crippen LogP contribution in [0.5, 0.6) is 0 Å². The Morgan fingerprint density at radius 1 is 1.00 bits per heavy atom. The number of carbonyl (C=O) groups excluding carboxylic acids is 1. The normalized spacial score (nSPS) is 18.3.